The van der Waals surface area contributed by atoms with Gasteiger partial charge < -0.3 is 19.7 Å². The lowest BCUT2D eigenvalue weighted by Crippen LogP contribution is -2.52. The van der Waals surface area contributed by atoms with E-state index < -0.39 is 28.5 Å². The van der Waals surface area contributed by atoms with Crippen molar-refractivity contribution < 1.29 is 27.5 Å². The van der Waals surface area contributed by atoms with Crippen LogP contribution in [0.1, 0.15) is 32.3 Å². The summed E-state index contributed by atoms with van der Waals surface area (Å²) in [4.78, 5) is 28.6. The normalized spacial score (nSPS) is 11.9. The number of benzene rings is 3. The molecule has 3 aromatic carbocycles. The number of nitrogens with zero attached hydrogens (tertiary/aromatic N) is 2. The molecule has 0 heterocycles. The summed E-state index contributed by atoms with van der Waals surface area (Å²) in [5, 5.41) is 3.83. The van der Waals surface area contributed by atoms with Crippen LogP contribution in [0.15, 0.2) is 65.6 Å². The van der Waals surface area contributed by atoms with Crippen LogP contribution in [-0.2, 0) is 26.2 Å². The summed E-state index contributed by atoms with van der Waals surface area (Å²) in [5.41, 5.74) is 0.619. The van der Waals surface area contributed by atoms with E-state index in [4.69, 9.17) is 44.3 Å². The molecule has 0 aliphatic carbocycles. The second kappa shape index (κ2) is 15.5. The van der Waals surface area contributed by atoms with Gasteiger partial charge in [0.15, 0.2) is 11.5 Å². The molecule has 0 spiro atoms. The number of halogens is 3. The van der Waals surface area contributed by atoms with E-state index in [9.17, 15) is 18.0 Å². The van der Waals surface area contributed by atoms with Crippen molar-refractivity contribution in [3.8, 4) is 11.5 Å². The molecule has 13 heteroatoms. The molecule has 1 N–H and O–H groups in total. The average molecular weight is 671 g/mol. The highest BCUT2D eigenvalue weighted by atomic mass is 35.5. The van der Waals surface area contributed by atoms with Crippen LogP contribution in [-0.4, -0.2) is 58.5 Å². The minimum atomic E-state index is -4.35. The molecule has 3 aromatic rings. The van der Waals surface area contributed by atoms with Gasteiger partial charge in [-0.2, -0.15) is 0 Å². The van der Waals surface area contributed by atoms with Crippen molar-refractivity contribution >= 4 is 62.3 Å². The lowest BCUT2D eigenvalue weighted by molar-refractivity contribution is -0.140. The topological polar surface area (TPSA) is 105 Å². The van der Waals surface area contributed by atoms with Gasteiger partial charge >= 0.3 is 0 Å². The second-order valence-electron chi connectivity index (χ2n) is 9.44. The minimum Gasteiger partial charge on any atom is -0.493 e. The van der Waals surface area contributed by atoms with Crippen LogP contribution < -0.4 is 19.1 Å². The van der Waals surface area contributed by atoms with Crippen molar-refractivity contribution in [3.05, 3.63) is 81.3 Å². The fraction of sp³-hybridized carbons (Fsp3) is 0.333. The Morgan fingerprint density at radius 3 is 2.09 bits per heavy atom. The number of rotatable bonds is 14. The first kappa shape index (κ1) is 34.3. The van der Waals surface area contributed by atoms with Crippen LogP contribution in [0.3, 0.4) is 0 Å². The third-order valence-corrected chi connectivity index (χ3v) is 9.39. The summed E-state index contributed by atoms with van der Waals surface area (Å²) in [6, 6.07) is 14.2. The van der Waals surface area contributed by atoms with Crippen molar-refractivity contribution in [2.75, 3.05) is 31.6 Å². The molecule has 0 aromatic heterocycles. The van der Waals surface area contributed by atoms with E-state index in [2.05, 4.69) is 5.32 Å². The van der Waals surface area contributed by atoms with Crippen molar-refractivity contribution in [3.63, 3.8) is 0 Å². The number of ether oxygens (including phenoxy) is 2. The van der Waals surface area contributed by atoms with Crippen LogP contribution in [0.2, 0.25) is 15.1 Å². The van der Waals surface area contributed by atoms with Gasteiger partial charge in [0.2, 0.25) is 11.8 Å². The van der Waals surface area contributed by atoms with Crippen molar-refractivity contribution in [2.24, 2.45) is 0 Å². The Labute approximate surface area is 267 Å². The van der Waals surface area contributed by atoms with Gasteiger partial charge in [-0.1, -0.05) is 54.7 Å². The summed E-state index contributed by atoms with van der Waals surface area (Å²) in [7, 11) is -1.53. The number of anilines is 1. The highest BCUT2D eigenvalue weighted by Crippen LogP contribution is 2.33. The number of sulfonamides is 1. The summed E-state index contributed by atoms with van der Waals surface area (Å²) >= 11 is 19.0. The molecule has 0 radical (unpaired) electrons. The highest BCUT2D eigenvalue weighted by molar-refractivity contribution is 7.92. The third kappa shape index (κ3) is 8.26. The summed E-state index contributed by atoms with van der Waals surface area (Å²) in [5.74, 6) is -0.489. The molecular formula is C30H34Cl3N3O6S. The number of methoxy groups -OCH3 is 2. The van der Waals surface area contributed by atoms with E-state index in [1.165, 1.54) is 61.6 Å². The summed E-state index contributed by atoms with van der Waals surface area (Å²) in [6.07, 6.45) is 0.951. The minimum absolute atomic E-state index is 0.125. The monoisotopic (exact) mass is 669 g/mol. The summed E-state index contributed by atoms with van der Waals surface area (Å²) in [6.45, 7) is 3.33. The first-order valence-corrected chi connectivity index (χ1v) is 16.1. The second-order valence-corrected chi connectivity index (χ2v) is 12.6. The molecule has 0 bridgehead atoms. The van der Waals surface area contributed by atoms with Gasteiger partial charge in [0.25, 0.3) is 10.0 Å². The first-order valence-electron chi connectivity index (χ1n) is 13.5. The Morgan fingerprint density at radius 2 is 1.53 bits per heavy atom. The van der Waals surface area contributed by atoms with Gasteiger partial charge in [-0.3, -0.25) is 13.9 Å². The van der Waals surface area contributed by atoms with Gasteiger partial charge in [-0.15, -0.1) is 0 Å². The molecule has 1 unspecified atom stereocenters. The zero-order valence-electron chi connectivity index (χ0n) is 24.3. The maximum absolute atomic E-state index is 14.2. The van der Waals surface area contributed by atoms with Gasteiger partial charge in [0.05, 0.1) is 24.8 Å². The quantitative estimate of drug-likeness (QED) is 0.219. The lowest BCUT2D eigenvalue weighted by atomic mass is 10.1. The Morgan fingerprint density at radius 1 is 0.907 bits per heavy atom. The van der Waals surface area contributed by atoms with E-state index in [0.717, 1.165) is 4.31 Å². The molecule has 0 aliphatic rings. The van der Waals surface area contributed by atoms with Crippen LogP contribution >= 0.6 is 34.8 Å². The van der Waals surface area contributed by atoms with Gasteiger partial charge in [0, 0.05) is 39.8 Å². The Bertz CT molecular complexity index is 1520. The van der Waals surface area contributed by atoms with Crippen molar-refractivity contribution in [2.45, 2.75) is 44.2 Å². The first-order chi connectivity index (χ1) is 20.5. The maximum Gasteiger partial charge on any atom is 0.264 e. The Hall–Kier alpha value is -3.18. The van der Waals surface area contributed by atoms with E-state index in [1.54, 1.807) is 25.1 Å². The van der Waals surface area contributed by atoms with Gasteiger partial charge in [-0.05, 0) is 61.4 Å². The molecule has 0 saturated heterocycles. The third-order valence-electron chi connectivity index (χ3n) is 6.66. The van der Waals surface area contributed by atoms with Crippen molar-refractivity contribution in [1.29, 1.82) is 0 Å². The molecule has 0 aliphatic heterocycles. The molecule has 232 valence electrons. The average Bonchev–Trinajstić information content (AvgIpc) is 2.99. The zero-order chi connectivity index (χ0) is 31.7. The SMILES string of the molecule is CCCNC(=O)C(CC)N(Cc1c(Cl)cccc1Cl)C(=O)CN(c1ccc(Cl)cc1)S(=O)(=O)c1ccc(OC)c(OC)c1. The number of nitrogens with one attached hydrogen (secondary N) is 1. The lowest BCUT2D eigenvalue weighted by Gasteiger charge is -2.33. The number of hydrogen-bond acceptors (Lipinski definition) is 6. The predicted octanol–water partition coefficient (Wildman–Crippen LogP) is 6.19. The number of amides is 2. The van der Waals surface area contributed by atoms with E-state index >= 15 is 0 Å². The molecule has 9 nitrogen and oxygen atoms in total. The Kier molecular flexibility index (Phi) is 12.4. The smallest absolute Gasteiger partial charge is 0.264 e. The van der Waals surface area contributed by atoms with Crippen LogP contribution in [0.4, 0.5) is 5.69 Å². The van der Waals surface area contributed by atoms with E-state index in [-0.39, 0.29) is 35.2 Å². The fourth-order valence-corrected chi connectivity index (χ4v) is 6.45. The number of carbonyl (C=O) groups excluding carboxylic acids is 2. The molecular weight excluding hydrogens is 637 g/mol. The zero-order valence-corrected chi connectivity index (χ0v) is 27.4. The van der Waals surface area contributed by atoms with Crippen LogP contribution in [0.5, 0.6) is 11.5 Å². The maximum atomic E-state index is 14.2. The van der Waals surface area contributed by atoms with E-state index in [0.29, 0.717) is 39.3 Å². The van der Waals surface area contributed by atoms with E-state index in [1.807, 2.05) is 6.92 Å². The molecule has 0 fully saturated rings. The van der Waals surface area contributed by atoms with Crippen LogP contribution in [0, 0.1) is 0 Å². The number of carbonyl (C=O) groups is 2. The van der Waals surface area contributed by atoms with Gasteiger partial charge in [-0.25, -0.2) is 8.42 Å². The molecule has 2 amide bonds. The van der Waals surface area contributed by atoms with Crippen LogP contribution in [0.25, 0.3) is 0 Å². The van der Waals surface area contributed by atoms with Crippen molar-refractivity contribution in [1.82, 2.24) is 10.2 Å². The van der Waals surface area contributed by atoms with Gasteiger partial charge in [0.1, 0.15) is 12.6 Å². The number of hydrogen-bond donors (Lipinski definition) is 1. The Balaban J connectivity index is 2.12. The largest absolute Gasteiger partial charge is 0.493 e. The standard InChI is InChI=1S/C30H34Cl3N3O6S/c1-5-16-34-30(38)26(6-2)35(18-23-24(32)8-7-9-25(23)33)29(37)19-36(21-12-10-20(31)11-13-21)43(39,40)22-14-15-27(41-3)28(17-22)42-4/h7-15,17,26H,5-6,16,18-19H2,1-4H3,(H,34,38). The molecule has 3 rings (SSSR count). The highest BCUT2D eigenvalue weighted by Gasteiger charge is 2.34. The molecule has 43 heavy (non-hydrogen) atoms. The molecule has 0 saturated carbocycles. The fourth-order valence-electron chi connectivity index (χ4n) is 4.38. The molecule has 1 atom stereocenters. The summed E-state index contributed by atoms with van der Waals surface area (Å²) < 4.78 is 39.8. The predicted molar refractivity (Wildman–Crippen MR) is 170 cm³/mol.